The van der Waals surface area contributed by atoms with Crippen LogP contribution in [-0.4, -0.2) is 0 Å². The van der Waals surface area contributed by atoms with Gasteiger partial charge in [-0.05, 0) is 139 Å². The Morgan fingerprint density at radius 2 is 0.776 bits per heavy atom. The van der Waals surface area contributed by atoms with Gasteiger partial charge in [-0.15, -0.1) is 0 Å². The molecule has 0 saturated carbocycles. The molecule has 1 heterocycles. The molecule has 58 heavy (non-hydrogen) atoms. The molecule has 0 N–H and O–H groups in total. The van der Waals surface area contributed by atoms with Crippen molar-refractivity contribution >= 4 is 60.5 Å². The molecule has 10 aromatic carbocycles. The van der Waals surface area contributed by atoms with Gasteiger partial charge in [-0.1, -0.05) is 151 Å². The summed E-state index contributed by atoms with van der Waals surface area (Å²) in [6, 6.07) is 38.0. The van der Waals surface area contributed by atoms with Crippen molar-refractivity contribution in [3.05, 3.63) is 224 Å². The third-order valence-corrected chi connectivity index (χ3v) is 10.4. The SMILES string of the molecule is [2H]c1c([2H])c([2H])c2c([2H])c(-c3ccc(N(c4ccc(-c5cccc(-c6ccc7c(c6)oc6ccccc67)c5)cc4)c4ccc(-c5c([2H])c([2H])c6c([2H])c([2H])c([2H])c([2H])c6c5[2H])cc4)cc3)c([2H])c([2H])c2c1[2H]. The second-order valence-corrected chi connectivity index (χ2v) is 13.9. The number of benzene rings is 10. The van der Waals surface area contributed by atoms with Crippen molar-refractivity contribution in [2.75, 3.05) is 4.90 Å². The second kappa shape index (κ2) is 14.1. The number of rotatable bonds is 7. The van der Waals surface area contributed by atoms with Crippen LogP contribution in [-0.2, 0) is 0 Å². The Bertz CT molecular complexity index is 3910. The molecule has 0 unspecified atom stereocenters. The van der Waals surface area contributed by atoms with E-state index < -0.39 is 60.4 Å². The molecule has 0 bridgehead atoms. The largest absolute Gasteiger partial charge is 0.456 e. The minimum absolute atomic E-state index is 0.0375. The molecule has 0 radical (unpaired) electrons. The molecule has 0 aliphatic rings. The fourth-order valence-corrected chi connectivity index (χ4v) is 7.44. The Hall–Kier alpha value is -7.68. The first-order chi connectivity index (χ1) is 34.5. The van der Waals surface area contributed by atoms with E-state index >= 15 is 0 Å². The molecular weight excluding hydrogens is 703 g/mol. The van der Waals surface area contributed by atoms with Crippen molar-refractivity contribution < 1.29 is 23.6 Å². The maximum atomic E-state index is 9.11. The van der Waals surface area contributed by atoms with Crippen LogP contribution < -0.4 is 4.90 Å². The highest BCUT2D eigenvalue weighted by Crippen LogP contribution is 2.39. The summed E-state index contributed by atoms with van der Waals surface area (Å²) in [5, 5.41) is 1.44. The lowest BCUT2D eigenvalue weighted by molar-refractivity contribution is 0.669. The first-order valence-electron chi connectivity index (χ1n) is 25.7. The monoisotopic (exact) mass is 753 g/mol. The van der Waals surface area contributed by atoms with Gasteiger partial charge in [0.1, 0.15) is 11.2 Å². The number of hydrogen-bond acceptors (Lipinski definition) is 2. The topological polar surface area (TPSA) is 16.4 Å². The molecule has 2 nitrogen and oxygen atoms in total. The molecule has 2 heteroatoms. The van der Waals surface area contributed by atoms with E-state index in [2.05, 4.69) is 30.3 Å². The molecule has 11 rings (SSSR count). The fourth-order valence-electron chi connectivity index (χ4n) is 7.44. The van der Waals surface area contributed by atoms with E-state index in [0.717, 1.165) is 49.9 Å². The molecule has 0 amide bonds. The lowest BCUT2D eigenvalue weighted by Crippen LogP contribution is -2.09. The highest BCUT2D eigenvalue weighted by Gasteiger charge is 2.15. The molecule has 1 aromatic heterocycles. The van der Waals surface area contributed by atoms with Crippen molar-refractivity contribution in [1.29, 1.82) is 0 Å². The predicted molar refractivity (Wildman–Crippen MR) is 245 cm³/mol. The van der Waals surface area contributed by atoms with Gasteiger partial charge < -0.3 is 9.32 Å². The molecule has 0 aliphatic heterocycles. The van der Waals surface area contributed by atoms with Gasteiger partial charge in [-0.25, -0.2) is 0 Å². The van der Waals surface area contributed by atoms with Crippen LogP contribution in [0.2, 0.25) is 0 Å². The van der Waals surface area contributed by atoms with Crippen LogP contribution in [0.1, 0.15) is 19.2 Å². The van der Waals surface area contributed by atoms with Gasteiger partial charge in [0, 0.05) is 27.8 Å². The van der Waals surface area contributed by atoms with Gasteiger partial charge in [0.25, 0.3) is 0 Å². The van der Waals surface area contributed by atoms with E-state index in [1.807, 2.05) is 65.6 Å². The zero-order valence-electron chi connectivity index (χ0n) is 44.6. The van der Waals surface area contributed by atoms with E-state index in [1.54, 1.807) is 48.5 Å². The van der Waals surface area contributed by atoms with Gasteiger partial charge in [0.15, 0.2) is 0 Å². The lowest BCUT2D eigenvalue weighted by Gasteiger charge is -2.26. The summed E-state index contributed by atoms with van der Waals surface area (Å²) >= 11 is 0. The summed E-state index contributed by atoms with van der Waals surface area (Å²) in [6.45, 7) is 0. The van der Waals surface area contributed by atoms with Crippen molar-refractivity contribution in [2.45, 2.75) is 0 Å². The smallest absolute Gasteiger partial charge is 0.136 e. The number of anilines is 3. The molecule has 0 aliphatic carbocycles. The highest BCUT2D eigenvalue weighted by atomic mass is 16.3. The minimum Gasteiger partial charge on any atom is -0.456 e. The van der Waals surface area contributed by atoms with Crippen LogP contribution in [0.25, 0.3) is 88.0 Å². The van der Waals surface area contributed by atoms with Gasteiger partial charge in [0.2, 0.25) is 0 Å². The first kappa shape index (κ1) is 22.2. The second-order valence-electron chi connectivity index (χ2n) is 13.9. The van der Waals surface area contributed by atoms with Gasteiger partial charge in [0.05, 0.1) is 19.2 Å². The molecule has 0 saturated heterocycles. The average molecular weight is 754 g/mol. The quantitative estimate of drug-likeness (QED) is 0.161. The fraction of sp³-hybridized carbons (Fsp3) is 0. The first-order valence-corrected chi connectivity index (χ1v) is 18.7. The summed E-state index contributed by atoms with van der Waals surface area (Å²) in [6.07, 6.45) is 0. The highest BCUT2D eigenvalue weighted by molar-refractivity contribution is 6.06. The van der Waals surface area contributed by atoms with E-state index in [4.69, 9.17) is 23.6 Å². The standard InChI is InChI=1S/C56H37NO/c1-3-10-43-35-47(18-16-38(43)8-1)41-22-29-51(30-23-41)57(52-31-24-42(25-32-52)48-19-17-39-9-2-4-11-44(39)36-48)50-27-20-40(21-28-50)45-12-7-13-46(34-45)49-26-33-54-53-14-5-6-15-55(53)58-56(54)37-49/h1-37H/i1D,2D,3D,4D,8D,9D,10D,11D,16D,17D,18D,19D,35D,36D. The summed E-state index contributed by atoms with van der Waals surface area (Å²) < 4.78 is 127. The molecule has 0 spiro atoms. The Morgan fingerprint density at radius 3 is 1.34 bits per heavy atom. The molecule has 0 atom stereocenters. The average Bonchev–Trinajstić information content (AvgIpc) is 3.77. The maximum absolute atomic E-state index is 9.11. The molecule has 11 aromatic rings. The molecular formula is C56H37NO. The lowest BCUT2D eigenvalue weighted by atomic mass is 9.98. The van der Waals surface area contributed by atoms with E-state index in [0.29, 0.717) is 22.5 Å². The van der Waals surface area contributed by atoms with Crippen LogP contribution in [0.15, 0.2) is 229 Å². The summed E-state index contributed by atoms with van der Waals surface area (Å²) in [7, 11) is 0. The van der Waals surface area contributed by atoms with E-state index in [9.17, 15) is 0 Å². The third-order valence-electron chi connectivity index (χ3n) is 10.4. The van der Waals surface area contributed by atoms with Crippen molar-refractivity contribution in [3.8, 4) is 44.5 Å². The Balaban J connectivity index is 1.00. The van der Waals surface area contributed by atoms with Gasteiger partial charge in [-0.3, -0.25) is 0 Å². The maximum Gasteiger partial charge on any atom is 0.136 e. The zero-order valence-corrected chi connectivity index (χ0v) is 30.6. The van der Waals surface area contributed by atoms with Crippen LogP contribution in [0.3, 0.4) is 0 Å². The van der Waals surface area contributed by atoms with Crippen LogP contribution >= 0.6 is 0 Å². The van der Waals surface area contributed by atoms with Crippen molar-refractivity contribution in [3.63, 3.8) is 0 Å². The number of hydrogen-bond donors (Lipinski definition) is 0. The number of fused-ring (bicyclic) bond motifs is 5. The van der Waals surface area contributed by atoms with E-state index in [-0.39, 0.29) is 56.8 Å². The van der Waals surface area contributed by atoms with Crippen LogP contribution in [0.5, 0.6) is 0 Å². The number of para-hydroxylation sites is 1. The Kier molecular flexibility index (Phi) is 5.39. The van der Waals surface area contributed by atoms with E-state index in [1.165, 1.54) is 0 Å². The van der Waals surface area contributed by atoms with Gasteiger partial charge >= 0.3 is 0 Å². The van der Waals surface area contributed by atoms with Crippen molar-refractivity contribution in [1.82, 2.24) is 0 Å². The third kappa shape index (κ3) is 6.18. The van der Waals surface area contributed by atoms with Gasteiger partial charge in [-0.2, -0.15) is 0 Å². The summed E-state index contributed by atoms with van der Waals surface area (Å²) in [5.41, 5.74) is 8.37. The minimum atomic E-state index is -0.543. The summed E-state index contributed by atoms with van der Waals surface area (Å²) in [5.74, 6) is 0. The normalized spacial score (nSPS) is 14.8. The number of furan rings is 1. The van der Waals surface area contributed by atoms with Crippen LogP contribution in [0, 0.1) is 0 Å². The summed E-state index contributed by atoms with van der Waals surface area (Å²) in [4.78, 5) is 1.95. The number of nitrogens with zero attached hydrogens (tertiary/aromatic N) is 1. The predicted octanol–water partition coefficient (Wildman–Crippen LogP) is 16.0. The van der Waals surface area contributed by atoms with Crippen LogP contribution in [0.4, 0.5) is 17.1 Å². The zero-order chi connectivity index (χ0) is 50.6. The Labute approximate surface area is 357 Å². The Morgan fingerprint density at radius 1 is 0.328 bits per heavy atom. The van der Waals surface area contributed by atoms with Crippen molar-refractivity contribution in [2.24, 2.45) is 0 Å². The molecule has 0 fully saturated rings. The molecule has 272 valence electrons.